The third-order valence-electron chi connectivity index (χ3n) is 4.22. The number of hydrogen-bond donors (Lipinski definition) is 1. The normalized spacial score (nSPS) is 29.2. The molecule has 1 aromatic carbocycles. The van der Waals surface area contributed by atoms with Crippen molar-refractivity contribution in [3.8, 4) is 0 Å². The summed E-state index contributed by atoms with van der Waals surface area (Å²) in [5, 5.41) is 7.53. The van der Waals surface area contributed by atoms with E-state index in [4.69, 9.17) is 63.9 Å². The van der Waals surface area contributed by atoms with Gasteiger partial charge in [-0.25, -0.2) is 0 Å². The van der Waals surface area contributed by atoms with Crippen LogP contribution in [0.2, 0.25) is 0 Å². The second-order valence-corrected chi connectivity index (χ2v) is 9.18. The molecule has 28 heavy (non-hydrogen) atoms. The van der Waals surface area contributed by atoms with Crippen LogP contribution in [0, 0.1) is 5.41 Å². The van der Waals surface area contributed by atoms with Crippen molar-refractivity contribution in [3.05, 3.63) is 48.0 Å². The molecule has 6 nitrogen and oxygen atoms in total. The van der Waals surface area contributed by atoms with E-state index >= 15 is 0 Å². The van der Waals surface area contributed by atoms with Gasteiger partial charge in [0, 0.05) is 0 Å². The van der Waals surface area contributed by atoms with Crippen molar-refractivity contribution >= 4 is 40.7 Å². The van der Waals surface area contributed by atoms with Crippen LogP contribution in [0.15, 0.2) is 42.5 Å². The molecule has 2 fully saturated rings. The molecule has 0 radical (unpaired) electrons. The molecule has 0 saturated carbocycles. The quantitative estimate of drug-likeness (QED) is 0.302. The minimum atomic E-state index is -1.89. The minimum Gasteiger partial charge on any atom is -0.474 e. The molecule has 2 aliphatic rings. The highest BCUT2D eigenvalue weighted by Crippen LogP contribution is 2.39. The molecular weight excluding hydrogens is 429 g/mol. The SMILES string of the molecule is CC1(C)O[C@H]2O[C@H](/C=C/COC(=N)C(Cl)(Cl)Cl)[C@H](OCc3ccccc3)[C@H]2O1. The van der Waals surface area contributed by atoms with Gasteiger partial charge in [-0.05, 0) is 25.5 Å². The summed E-state index contributed by atoms with van der Waals surface area (Å²) in [4.78, 5) is 0. The van der Waals surface area contributed by atoms with Crippen molar-refractivity contribution in [1.29, 1.82) is 5.41 Å². The highest BCUT2D eigenvalue weighted by atomic mass is 35.6. The first-order chi connectivity index (χ1) is 13.2. The van der Waals surface area contributed by atoms with Crippen LogP contribution in [-0.4, -0.2) is 46.7 Å². The molecule has 154 valence electrons. The van der Waals surface area contributed by atoms with E-state index in [1.807, 2.05) is 44.2 Å². The molecule has 0 aliphatic carbocycles. The van der Waals surface area contributed by atoms with Crippen molar-refractivity contribution in [3.63, 3.8) is 0 Å². The molecule has 0 amide bonds. The minimum absolute atomic E-state index is 0.0561. The van der Waals surface area contributed by atoms with Gasteiger partial charge in [-0.15, -0.1) is 0 Å². The molecule has 0 bridgehead atoms. The molecule has 0 aromatic heterocycles. The van der Waals surface area contributed by atoms with E-state index in [1.54, 1.807) is 12.2 Å². The largest absolute Gasteiger partial charge is 0.474 e. The predicted octanol–water partition coefficient (Wildman–Crippen LogP) is 4.37. The van der Waals surface area contributed by atoms with Crippen LogP contribution in [0.4, 0.5) is 0 Å². The van der Waals surface area contributed by atoms with Gasteiger partial charge in [0.2, 0.25) is 5.90 Å². The molecule has 4 atom stereocenters. The first-order valence-corrected chi connectivity index (χ1v) is 9.91. The summed E-state index contributed by atoms with van der Waals surface area (Å²) in [7, 11) is 0. The summed E-state index contributed by atoms with van der Waals surface area (Å²) in [5.74, 6) is -1.18. The van der Waals surface area contributed by atoms with E-state index in [1.165, 1.54) is 0 Å². The zero-order valence-electron chi connectivity index (χ0n) is 15.4. The summed E-state index contributed by atoms with van der Waals surface area (Å²) in [6.45, 7) is 4.15. The Morgan fingerprint density at radius 3 is 2.61 bits per heavy atom. The van der Waals surface area contributed by atoms with Crippen molar-refractivity contribution in [1.82, 2.24) is 0 Å². The zero-order valence-corrected chi connectivity index (χ0v) is 17.7. The Kier molecular flexibility index (Phi) is 6.92. The molecule has 9 heteroatoms. The van der Waals surface area contributed by atoms with E-state index in [9.17, 15) is 0 Å². The Bertz CT molecular complexity index is 707. The summed E-state index contributed by atoms with van der Waals surface area (Å²) in [5.41, 5.74) is 1.05. The van der Waals surface area contributed by atoms with Gasteiger partial charge >= 0.3 is 0 Å². The number of nitrogens with one attached hydrogen (secondary N) is 1. The Hall–Kier alpha value is -0.860. The number of benzene rings is 1. The molecular formula is C19H22Cl3NO5. The van der Waals surface area contributed by atoms with Gasteiger partial charge in [-0.3, -0.25) is 5.41 Å². The van der Waals surface area contributed by atoms with Crippen LogP contribution in [0.5, 0.6) is 0 Å². The third-order valence-corrected chi connectivity index (χ3v) is 4.73. The Balaban J connectivity index is 1.61. The lowest BCUT2D eigenvalue weighted by atomic mass is 10.1. The summed E-state index contributed by atoms with van der Waals surface area (Å²) in [6.07, 6.45) is 1.82. The summed E-state index contributed by atoms with van der Waals surface area (Å²) in [6, 6.07) is 9.85. The van der Waals surface area contributed by atoms with Gasteiger partial charge in [0.15, 0.2) is 12.1 Å². The molecule has 0 spiro atoms. The van der Waals surface area contributed by atoms with Gasteiger partial charge in [0.25, 0.3) is 3.79 Å². The highest BCUT2D eigenvalue weighted by molar-refractivity contribution is 6.76. The fourth-order valence-corrected chi connectivity index (χ4v) is 3.18. The number of rotatable bonds is 6. The van der Waals surface area contributed by atoms with Crippen LogP contribution in [0.3, 0.4) is 0 Å². The number of ether oxygens (including phenoxy) is 5. The number of hydrogen-bond acceptors (Lipinski definition) is 6. The first kappa shape index (κ1) is 21.8. The van der Waals surface area contributed by atoms with Crippen molar-refractivity contribution in [2.75, 3.05) is 6.61 Å². The van der Waals surface area contributed by atoms with Crippen LogP contribution < -0.4 is 0 Å². The van der Waals surface area contributed by atoms with Crippen molar-refractivity contribution in [2.24, 2.45) is 0 Å². The summed E-state index contributed by atoms with van der Waals surface area (Å²) < 4.78 is 27.0. The Morgan fingerprint density at radius 2 is 1.93 bits per heavy atom. The van der Waals surface area contributed by atoms with Gasteiger partial charge in [0.05, 0.1) is 6.61 Å². The first-order valence-electron chi connectivity index (χ1n) is 8.77. The molecule has 2 saturated heterocycles. The summed E-state index contributed by atoms with van der Waals surface area (Å²) >= 11 is 16.7. The Morgan fingerprint density at radius 1 is 1.21 bits per heavy atom. The third kappa shape index (κ3) is 5.60. The molecule has 1 aromatic rings. The number of fused-ring (bicyclic) bond motifs is 1. The topological polar surface area (TPSA) is 70.0 Å². The lowest BCUT2D eigenvalue weighted by Crippen LogP contribution is -2.36. The monoisotopic (exact) mass is 449 g/mol. The van der Waals surface area contributed by atoms with E-state index < -0.39 is 27.9 Å². The average molecular weight is 451 g/mol. The van der Waals surface area contributed by atoms with Crippen LogP contribution in [-0.2, 0) is 30.3 Å². The maximum absolute atomic E-state index is 7.53. The van der Waals surface area contributed by atoms with Gasteiger partial charge < -0.3 is 23.7 Å². The van der Waals surface area contributed by atoms with E-state index in [2.05, 4.69) is 0 Å². The van der Waals surface area contributed by atoms with Gasteiger partial charge in [-0.2, -0.15) is 0 Å². The number of halogens is 3. The fourth-order valence-electron chi connectivity index (χ4n) is 3.02. The highest BCUT2D eigenvalue weighted by Gasteiger charge is 2.54. The molecule has 2 aliphatic heterocycles. The van der Waals surface area contributed by atoms with Gasteiger partial charge in [-0.1, -0.05) is 71.2 Å². The van der Waals surface area contributed by atoms with Crippen molar-refractivity contribution in [2.45, 2.75) is 54.6 Å². The van der Waals surface area contributed by atoms with E-state index in [0.717, 1.165) is 5.56 Å². The van der Waals surface area contributed by atoms with Gasteiger partial charge in [0.1, 0.15) is 24.9 Å². The fraction of sp³-hybridized carbons (Fsp3) is 0.526. The van der Waals surface area contributed by atoms with Crippen molar-refractivity contribution < 1.29 is 23.7 Å². The smallest absolute Gasteiger partial charge is 0.265 e. The average Bonchev–Trinajstić information content (AvgIpc) is 3.08. The maximum Gasteiger partial charge on any atom is 0.265 e. The second-order valence-electron chi connectivity index (χ2n) is 6.90. The molecule has 3 rings (SSSR count). The van der Waals surface area contributed by atoms with E-state index in [-0.39, 0.29) is 18.8 Å². The lowest BCUT2D eigenvalue weighted by Gasteiger charge is -2.24. The van der Waals surface area contributed by atoms with Crippen LogP contribution >= 0.6 is 34.8 Å². The molecule has 0 unspecified atom stereocenters. The molecule has 2 heterocycles. The van der Waals surface area contributed by atoms with Crippen LogP contribution in [0.25, 0.3) is 0 Å². The van der Waals surface area contributed by atoms with Crippen LogP contribution in [0.1, 0.15) is 19.4 Å². The standard InChI is InChI=1S/C19H22Cl3NO5/c1-18(2)27-15-14(25-11-12-7-4-3-5-8-12)13(26-16(15)28-18)9-6-10-24-17(23)19(20,21)22/h3-9,13-16,23H,10-11H2,1-2H3/b9-6+,23-17?/t13-,14+,15-,16-/m1/s1. The second kappa shape index (κ2) is 8.88. The lowest BCUT2D eigenvalue weighted by molar-refractivity contribution is -0.213. The number of alkyl halides is 3. The zero-order chi connectivity index (χ0) is 20.4. The maximum atomic E-state index is 7.53. The Labute approximate surface area is 179 Å². The molecule has 1 N–H and O–H groups in total. The van der Waals surface area contributed by atoms with E-state index in [0.29, 0.717) is 6.61 Å². The predicted molar refractivity (Wildman–Crippen MR) is 107 cm³/mol.